The summed E-state index contributed by atoms with van der Waals surface area (Å²) in [4.78, 5) is 32.3. The third kappa shape index (κ3) is 4.05. The summed E-state index contributed by atoms with van der Waals surface area (Å²) >= 11 is 3.34. The molecule has 1 aliphatic rings. The number of carboxylic acid groups (broad SMARTS) is 1. The number of imidazole rings is 1. The van der Waals surface area contributed by atoms with Gasteiger partial charge in [0.15, 0.2) is 0 Å². The van der Waals surface area contributed by atoms with Gasteiger partial charge < -0.3 is 20.3 Å². The van der Waals surface area contributed by atoms with Gasteiger partial charge in [-0.3, -0.25) is 4.79 Å². The van der Waals surface area contributed by atoms with Crippen molar-refractivity contribution in [2.75, 3.05) is 6.54 Å². The number of aromatic nitrogens is 2. The topological polar surface area (TPSA) is 98.3 Å². The number of H-pyrrole nitrogens is 1. The van der Waals surface area contributed by atoms with Crippen LogP contribution in [0.15, 0.2) is 22.7 Å². The van der Waals surface area contributed by atoms with Crippen LogP contribution in [-0.2, 0) is 4.79 Å². The van der Waals surface area contributed by atoms with Gasteiger partial charge in [-0.25, -0.2) is 18.6 Å². The molecular formula is C17H19BrF2N4O3. The molecule has 146 valence electrons. The normalized spacial score (nSPS) is 20.2. The fraction of sp³-hybridized carbons (Fsp3) is 0.471. The van der Waals surface area contributed by atoms with Crippen molar-refractivity contribution in [2.45, 2.75) is 38.3 Å². The summed E-state index contributed by atoms with van der Waals surface area (Å²) in [6.45, 7) is 2.53. The van der Waals surface area contributed by atoms with E-state index >= 15 is 0 Å². The minimum atomic E-state index is -3.08. The molecular weight excluding hydrogens is 426 g/mol. The molecule has 1 aromatic heterocycles. The number of hydrogen-bond acceptors (Lipinski definition) is 3. The number of fused-ring (bicyclic) bond motifs is 1. The Morgan fingerprint density at radius 1 is 1.44 bits per heavy atom. The predicted molar refractivity (Wildman–Crippen MR) is 97.6 cm³/mol. The van der Waals surface area contributed by atoms with Crippen LogP contribution in [0.2, 0.25) is 0 Å². The summed E-state index contributed by atoms with van der Waals surface area (Å²) in [5.41, 5.74) is 1.26. The van der Waals surface area contributed by atoms with Gasteiger partial charge in [0, 0.05) is 10.9 Å². The largest absolute Gasteiger partial charge is 0.465 e. The highest BCUT2D eigenvalue weighted by Crippen LogP contribution is 2.41. The Morgan fingerprint density at radius 2 is 2.15 bits per heavy atom. The number of nitrogens with one attached hydrogen (secondary N) is 2. The molecule has 2 heterocycles. The SMILES string of the molecule is CC(C)[C@H](NC(=O)O)C(=O)N1CC(F)(F)C[C@H]1c1nc2ccc(Br)cc2[nH]1. The minimum absolute atomic E-state index is 0.256. The molecule has 1 saturated heterocycles. The monoisotopic (exact) mass is 444 g/mol. The van der Waals surface area contributed by atoms with Crippen LogP contribution in [0, 0.1) is 5.92 Å². The average Bonchev–Trinajstić information content (AvgIpc) is 3.11. The van der Waals surface area contributed by atoms with Crippen LogP contribution in [0.5, 0.6) is 0 Å². The Morgan fingerprint density at radius 3 is 2.78 bits per heavy atom. The molecule has 0 spiro atoms. The smallest absolute Gasteiger partial charge is 0.405 e. The molecule has 0 saturated carbocycles. The van der Waals surface area contributed by atoms with Crippen molar-refractivity contribution in [1.82, 2.24) is 20.2 Å². The zero-order chi connectivity index (χ0) is 19.9. The molecule has 3 rings (SSSR count). The lowest BCUT2D eigenvalue weighted by Crippen LogP contribution is -2.51. The van der Waals surface area contributed by atoms with E-state index in [1.54, 1.807) is 32.0 Å². The number of carbonyl (C=O) groups is 2. The van der Waals surface area contributed by atoms with Gasteiger partial charge in [0.05, 0.1) is 23.6 Å². The molecule has 7 nitrogen and oxygen atoms in total. The number of halogens is 3. The predicted octanol–water partition coefficient (Wildman–Crippen LogP) is 3.53. The third-order valence-electron chi connectivity index (χ3n) is 4.54. The fourth-order valence-corrected chi connectivity index (χ4v) is 3.64. The van der Waals surface area contributed by atoms with Crippen LogP contribution in [-0.4, -0.2) is 50.5 Å². The van der Waals surface area contributed by atoms with Gasteiger partial charge in [-0.05, 0) is 24.1 Å². The van der Waals surface area contributed by atoms with E-state index < -0.39 is 48.9 Å². The van der Waals surface area contributed by atoms with E-state index in [0.717, 1.165) is 9.37 Å². The zero-order valence-electron chi connectivity index (χ0n) is 14.7. The van der Waals surface area contributed by atoms with E-state index in [-0.39, 0.29) is 5.82 Å². The fourth-order valence-electron chi connectivity index (χ4n) is 3.28. The second kappa shape index (κ2) is 7.06. The number of aromatic amines is 1. The number of alkyl halides is 2. The van der Waals surface area contributed by atoms with Crippen molar-refractivity contribution in [3.63, 3.8) is 0 Å². The maximum Gasteiger partial charge on any atom is 0.405 e. The molecule has 1 aromatic carbocycles. The van der Waals surface area contributed by atoms with Gasteiger partial charge in [0.25, 0.3) is 5.92 Å². The van der Waals surface area contributed by atoms with Crippen LogP contribution in [0.3, 0.4) is 0 Å². The van der Waals surface area contributed by atoms with Crippen LogP contribution >= 0.6 is 15.9 Å². The van der Waals surface area contributed by atoms with Gasteiger partial charge in [-0.15, -0.1) is 0 Å². The molecule has 0 aliphatic carbocycles. The minimum Gasteiger partial charge on any atom is -0.465 e. The Hall–Kier alpha value is -2.23. The van der Waals surface area contributed by atoms with Crippen LogP contribution in [0.25, 0.3) is 11.0 Å². The van der Waals surface area contributed by atoms with Gasteiger partial charge >= 0.3 is 6.09 Å². The highest BCUT2D eigenvalue weighted by molar-refractivity contribution is 9.10. The first-order valence-corrected chi connectivity index (χ1v) is 9.19. The highest BCUT2D eigenvalue weighted by Gasteiger charge is 2.50. The molecule has 0 radical (unpaired) electrons. The van der Waals surface area contributed by atoms with Crippen LogP contribution in [0.1, 0.15) is 32.1 Å². The number of benzene rings is 1. The number of nitrogens with zero attached hydrogens (tertiary/aromatic N) is 2. The van der Waals surface area contributed by atoms with Gasteiger partial charge in [0.1, 0.15) is 11.9 Å². The van der Waals surface area contributed by atoms with Crippen LogP contribution < -0.4 is 5.32 Å². The van der Waals surface area contributed by atoms with E-state index in [9.17, 15) is 18.4 Å². The molecule has 1 aliphatic heterocycles. The Kier molecular flexibility index (Phi) is 5.11. The molecule has 1 fully saturated rings. The van der Waals surface area contributed by atoms with Gasteiger partial charge in [-0.1, -0.05) is 29.8 Å². The quantitative estimate of drug-likeness (QED) is 0.671. The molecule has 0 unspecified atom stereocenters. The van der Waals surface area contributed by atoms with Gasteiger partial charge in [-0.2, -0.15) is 0 Å². The zero-order valence-corrected chi connectivity index (χ0v) is 16.3. The summed E-state index contributed by atoms with van der Waals surface area (Å²) in [7, 11) is 0. The second-order valence-corrected chi connectivity index (χ2v) is 7.91. The second-order valence-electron chi connectivity index (χ2n) is 7.00. The Labute approximate surface area is 162 Å². The highest BCUT2D eigenvalue weighted by atomic mass is 79.9. The number of amides is 2. The van der Waals surface area contributed by atoms with E-state index in [0.29, 0.717) is 11.0 Å². The number of carbonyl (C=O) groups excluding carboxylic acids is 1. The summed E-state index contributed by atoms with van der Waals surface area (Å²) in [5, 5.41) is 11.1. The summed E-state index contributed by atoms with van der Waals surface area (Å²) in [6.07, 6.45) is -1.95. The van der Waals surface area contributed by atoms with Gasteiger partial charge in [0.2, 0.25) is 5.91 Å². The first-order chi connectivity index (χ1) is 12.6. The Bertz CT molecular complexity index is 886. The first-order valence-electron chi connectivity index (χ1n) is 8.40. The molecule has 10 heteroatoms. The lowest BCUT2D eigenvalue weighted by atomic mass is 10.0. The average molecular weight is 445 g/mol. The lowest BCUT2D eigenvalue weighted by Gasteiger charge is -2.29. The molecule has 3 N–H and O–H groups in total. The van der Waals surface area contributed by atoms with E-state index in [2.05, 4.69) is 31.2 Å². The third-order valence-corrected chi connectivity index (χ3v) is 5.04. The number of likely N-dealkylation sites (tertiary alicyclic amines) is 1. The first kappa shape index (κ1) is 19.5. The molecule has 2 atom stereocenters. The summed E-state index contributed by atoms with van der Waals surface area (Å²) in [6, 6.07) is 3.22. The summed E-state index contributed by atoms with van der Waals surface area (Å²) in [5.74, 6) is -3.90. The van der Waals surface area contributed by atoms with Crippen molar-refractivity contribution in [3.8, 4) is 0 Å². The summed E-state index contributed by atoms with van der Waals surface area (Å²) < 4.78 is 29.1. The standard InChI is InChI=1S/C17H19BrF2N4O3/c1-8(2)13(23-16(26)27)15(25)24-7-17(19,20)6-12(24)14-21-10-4-3-9(18)5-11(10)22-14/h3-5,8,12-13,23H,6-7H2,1-2H3,(H,21,22)(H,26,27)/t12-,13-/m0/s1. The number of hydrogen-bond donors (Lipinski definition) is 3. The molecule has 0 bridgehead atoms. The van der Waals surface area contributed by atoms with Crippen molar-refractivity contribution in [3.05, 3.63) is 28.5 Å². The molecule has 27 heavy (non-hydrogen) atoms. The van der Waals surface area contributed by atoms with E-state index in [1.807, 2.05) is 0 Å². The van der Waals surface area contributed by atoms with Crippen LogP contribution in [0.4, 0.5) is 13.6 Å². The maximum absolute atomic E-state index is 14.2. The van der Waals surface area contributed by atoms with Crippen molar-refractivity contribution >= 4 is 39.0 Å². The van der Waals surface area contributed by atoms with Crippen molar-refractivity contribution in [1.29, 1.82) is 0 Å². The Balaban J connectivity index is 1.96. The van der Waals surface area contributed by atoms with Crippen molar-refractivity contribution < 1.29 is 23.5 Å². The molecule has 2 amide bonds. The maximum atomic E-state index is 14.2. The lowest BCUT2D eigenvalue weighted by molar-refractivity contribution is -0.136. The van der Waals surface area contributed by atoms with E-state index in [1.165, 1.54) is 0 Å². The number of rotatable bonds is 4. The molecule has 2 aromatic rings. The van der Waals surface area contributed by atoms with E-state index in [4.69, 9.17) is 5.11 Å². The van der Waals surface area contributed by atoms with Crippen molar-refractivity contribution in [2.24, 2.45) is 5.92 Å².